The van der Waals surface area contributed by atoms with Crippen molar-refractivity contribution in [3.8, 4) is 0 Å². The van der Waals surface area contributed by atoms with Gasteiger partial charge in [0.15, 0.2) is 5.11 Å². The lowest BCUT2D eigenvalue weighted by molar-refractivity contribution is -0.127. The number of aryl methyl sites for hydroxylation is 2. The number of likely N-dealkylation sites (tertiary alicyclic amines) is 1. The quantitative estimate of drug-likeness (QED) is 0.648. The highest BCUT2D eigenvalue weighted by atomic mass is 32.1. The number of rotatable bonds is 5. The molecule has 5 heteroatoms. The molecule has 1 fully saturated rings. The lowest BCUT2D eigenvalue weighted by atomic mass is 10.1. The highest BCUT2D eigenvalue weighted by Gasteiger charge is 2.18. The summed E-state index contributed by atoms with van der Waals surface area (Å²) in [4.78, 5) is 13.4. The Morgan fingerprint density at radius 2 is 2.19 bits per heavy atom. The molecule has 0 bridgehead atoms. The zero-order valence-corrected chi connectivity index (χ0v) is 13.6. The number of nitrogens with zero attached hydrogens (tertiary/aromatic N) is 1. The van der Waals surface area contributed by atoms with Crippen LogP contribution in [0.3, 0.4) is 0 Å². The van der Waals surface area contributed by atoms with Crippen LogP contribution in [-0.4, -0.2) is 35.6 Å². The Balaban J connectivity index is 1.68. The molecular weight excluding hydrogens is 282 g/mol. The first-order valence-electron chi connectivity index (χ1n) is 7.46. The second-order valence-electron chi connectivity index (χ2n) is 5.54. The molecule has 114 valence electrons. The molecule has 2 N–H and O–H groups in total. The van der Waals surface area contributed by atoms with Crippen molar-refractivity contribution < 1.29 is 4.79 Å². The maximum atomic E-state index is 11.5. The number of carbonyl (C=O) groups excluding carboxylic acids is 1. The summed E-state index contributed by atoms with van der Waals surface area (Å²) < 4.78 is 0. The number of amides is 1. The summed E-state index contributed by atoms with van der Waals surface area (Å²) in [6.45, 7) is 6.65. The monoisotopic (exact) mass is 305 g/mol. The number of hydrogen-bond acceptors (Lipinski definition) is 2. The van der Waals surface area contributed by atoms with Gasteiger partial charge in [-0.05, 0) is 50.5 Å². The highest BCUT2D eigenvalue weighted by Crippen LogP contribution is 2.15. The number of carbonyl (C=O) groups is 1. The number of anilines is 1. The van der Waals surface area contributed by atoms with Crippen molar-refractivity contribution in [1.29, 1.82) is 0 Å². The molecule has 0 aliphatic carbocycles. The normalized spacial score (nSPS) is 14.4. The fraction of sp³-hybridized carbons (Fsp3) is 0.500. The molecule has 0 saturated carbocycles. The average molecular weight is 305 g/mol. The molecule has 4 nitrogen and oxygen atoms in total. The van der Waals surface area contributed by atoms with Crippen molar-refractivity contribution in [2.45, 2.75) is 33.1 Å². The van der Waals surface area contributed by atoms with Crippen molar-refractivity contribution in [1.82, 2.24) is 10.2 Å². The van der Waals surface area contributed by atoms with Gasteiger partial charge in [-0.1, -0.05) is 17.7 Å². The Hall–Kier alpha value is -1.62. The summed E-state index contributed by atoms with van der Waals surface area (Å²) in [5.41, 5.74) is 3.46. The smallest absolute Gasteiger partial charge is 0.222 e. The summed E-state index contributed by atoms with van der Waals surface area (Å²) in [5, 5.41) is 7.04. The molecule has 21 heavy (non-hydrogen) atoms. The van der Waals surface area contributed by atoms with Gasteiger partial charge in [0.1, 0.15) is 0 Å². The number of hydrogen-bond donors (Lipinski definition) is 2. The molecule has 0 unspecified atom stereocenters. The van der Waals surface area contributed by atoms with E-state index in [1.165, 1.54) is 11.1 Å². The Labute approximate surface area is 131 Å². The van der Waals surface area contributed by atoms with Crippen molar-refractivity contribution in [3.63, 3.8) is 0 Å². The van der Waals surface area contributed by atoms with Crippen LogP contribution in [0.1, 0.15) is 30.4 Å². The third-order valence-corrected chi connectivity index (χ3v) is 3.94. The van der Waals surface area contributed by atoms with Gasteiger partial charge in [0, 0.05) is 31.7 Å². The van der Waals surface area contributed by atoms with Crippen molar-refractivity contribution in [2.24, 2.45) is 0 Å². The van der Waals surface area contributed by atoms with E-state index < -0.39 is 0 Å². The van der Waals surface area contributed by atoms with Gasteiger partial charge < -0.3 is 15.5 Å². The van der Waals surface area contributed by atoms with E-state index in [4.69, 9.17) is 12.2 Å². The van der Waals surface area contributed by atoms with E-state index in [2.05, 4.69) is 36.6 Å². The highest BCUT2D eigenvalue weighted by molar-refractivity contribution is 7.80. The molecule has 1 aliphatic heterocycles. The zero-order valence-electron chi connectivity index (χ0n) is 12.7. The van der Waals surface area contributed by atoms with Crippen LogP contribution in [0.25, 0.3) is 0 Å². The molecule has 0 radical (unpaired) electrons. The van der Waals surface area contributed by atoms with Gasteiger partial charge in [-0.25, -0.2) is 0 Å². The van der Waals surface area contributed by atoms with E-state index in [0.29, 0.717) is 11.5 Å². The number of benzene rings is 1. The van der Waals surface area contributed by atoms with Crippen molar-refractivity contribution in [3.05, 3.63) is 29.3 Å². The van der Waals surface area contributed by atoms with Gasteiger partial charge in [-0.3, -0.25) is 4.79 Å². The largest absolute Gasteiger partial charge is 0.362 e. The van der Waals surface area contributed by atoms with E-state index in [9.17, 15) is 4.79 Å². The fourth-order valence-electron chi connectivity index (χ4n) is 2.53. The predicted molar refractivity (Wildman–Crippen MR) is 90.6 cm³/mol. The first-order valence-corrected chi connectivity index (χ1v) is 7.87. The van der Waals surface area contributed by atoms with Crippen LogP contribution in [0.4, 0.5) is 5.69 Å². The van der Waals surface area contributed by atoms with E-state index >= 15 is 0 Å². The molecule has 0 spiro atoms. The summed E-state index contributed by atoms with van der Waals surface area (Å²) in [7, 11) is 0. The summed E-state index contributed by atoms with van der Waals surface area (Å²) in [6.07, 6.45) is 2.62. The number of nitrogens with one attached hydrogen (secondary N) is 2. The minimum atomic E-state index is 0.283. The second kappa shape index (κ2) is 7.41. The van der Waals surface area contributed by atoms with Crippen LogP contribution in [0.2, 0.25) is 0 Å². The molecule has 1 aromatic rings. The summed E-state index contributed by atoms with van der Waals surface area (Å²) in [5.74, 6) is 0.283. The second-order valence-corrected chi connectivity index (χ2v) is 5.95. The van der Waals surface area contributed by atoms with Crippen LogP contribution in [0.15, 0.2) is 18.2 Å². The Bertz CT molecular complexity index is 530. The summed E-state index contributed by atoms with van der Waals surface area (Å²) >= 11 is 5.30. The van der Waals surface area contributed by atoms with Crippen LogP contribution < -0.4 is 10.6 Å². The minimum absolute atomic E-state index is 0.283. The third kappa shape index (κ3) is 4.70. The van der Waals surface area contributed by atoms with Gasteiger partial charge in [0.25, 0.3) is 0 Å². The fourth-order valence-corrected chi connectivity index (χ4v) is 2.74. The molecule has 0 aromatic heterocycles. The van der Waals surface area contributed by atoms with Crippen LogP contribution in [0, 0.1) is 13.8 Å². The van der Waals surface area contributed by atoms with Crippen LogP contribution in [-0.2, 0) is 4.79 Å². The Morgan fingerprint density at radius 3 is 2.86 bits per heavy atom. The van der Waals surface area contributed by atoms with Gasteiger partial charge in [0.2, 0.25) is 5.91 Å². The van der Waals surface area contributed by atoms with Gasteiger partial charge >= 0.3 is 0 Å². The maximum Gasteiger partial charge on any atom is 0.222 e. The first-order chi connectivity index (χ1) is 10.1. The Kier molecular flexibility index (Phi) is 5.56. The molecule has 1 aromatic carbocycles. The van der Waals surface area contributed by atoms with E-state index in [1.807, 2.05) is 11.0 Å². The topological polar surface area (TPSA) is 44.4 Å². The SMILES string of the molecule is Cc1ccc(NC(=S)NCCCN2CCCC2=O)c(C)c1. The zero-order chi connectivity index (χ0) is 15.2. The van der Waals surface area contributed by atoms with Crippen molar-refractivity contribution >= 4 is 28.9 Å². The standard InChI is InChI=1S/C16H23N3OS/c1-12-6-7-14(13(2)11-12)18-16(21)17-8-4-10-19-9-3-5-15(19)20/h6-7,11H,3-5,8-10H2,1-2H3,(H2,17,18,21). The predicted octanol–water partition coefficient (Wildman–Crippen LogP) is 2.60. The van der Waals surface area contributed by atoms with E-state index in [-0.39, 0.29) is 5.91 Å². The third-order valence-electron chi connectivity index (χ3n) is 3.69. The molecular formula is C16H23N3OS. The van der Waals surface area contributed by atoms with Gasteiger partial charge in [-0.15, -0.1) is 0 Å². The molecule has 2 rings (SSSR count). The van der Waals surface area contributed by atoms with Gasteiger partial charge in [0.05, 0.1) is 0 Å². The molecule has 0 atom stereocenters. The van der Waals surface area contributed by atoms with Gasteiger partial charge in [-0.2, -0.15) is 0 Å². The Morgan fingerprint density at radius 1 is 1.38 bits per heavy atom. The van der Waals surface area contributed by atoms with Crippen molar-refractivity contribution in [2.75, 3.05) is 25.0 Å². The van der Waals surface area contributed by atoms with E-state index in [0.717, 1.165) is 38.2 Å². The van der Waals surface area contributed by atoms with E-state index in [1.54, 1.807) is 0 Å². The molecule has 1 amide bonds. The maximum absolute atomic E-state index is 11.5. The average Bonchev–Trinajstić information content (AvgIpc) is 2.84. The molecule has 1 aliphatic rings. The van der Waals surface area contributed by atoms with Crippen LogP contribution >= 0.6 is 12.2 Å². The first kappa shape index (κ1) is 15.8. The minimum Gasteiger partial charge on any atom is -0.362 e. The lowest BCUT2D eigenvalue weighted by Gasteiger charge is -2.16. The molecule has 1 saturated heterocycles. The molecule has 1 heterocycles. The number of thiocarbonyl (C=S) groups is 1. The van der Waals surface area contributed by atoms with Crippen LogP contribution in [0.5, 0.6) is 0 Å². The summed E-state index contributed by atoms with van der Waals surface area (Å²) in [6, 6.07) is 6.24. The lowest BCUT2D eigenvalue weighted by Crippen LogP contribution is -2.33.